The van der Waals surface area contributed by atoms with Gasteiger partial charge in [-0.1, -0.05) is 36.4 Å². The van der Waals surface area contributed by atoms with Gasteiger partial charge >= 0.3 is 0 Å². The van der Waals surface area contributed by atoms with Crippen molar-refractivity contribution in [3.05, 3.63) is 88.9 Å². The molecule has 0 unspecified atom stereocenters. The van der Waals surface area contributed by atoms with Crippen molar-refractivity contribution in [1.82, 2.24) is 10.2 Å². The number of nitrogens with zero attached hydrogens (tertiary/aromatic N) is 1. The number of ether oxygens (including phenoxy) is 1. The Bertz CT molecular complexity index is 1210. The lowest BCUT2D eigenvalue weighted by Crippen LogP contribution is -2.41. The zero-order valence-corrected chi connectivity index (χ0v) is 19.0. The first-order chi connectivity index (χ1) is 16.7. The first-order valence-corrected chi connectivity index (χ1v) is 12.2. The predicted octanol–water partition coefficient (Wildman–Crippen LogP) is 4.63. The Kier molecular flexibility index (Phi) is 5.36. The van der Waals surface area contributed by atoms with Crippen LogP contribution in [0.1, 0.15) is 64.7 Å². The average molecular weight is 457 g/mol. The summed E-state index contributed by atoms with van der Waals surface area (Å²) in [5, 5.41) is 2.93. The lowest BCUT2D eigenvalue weighted by molar-refractivity contribution is -0.134. The smallest absolute Gasteiger partial charge is 0.287 e. The van der Waals surface area contributed by atoms with E-state index in [0.29, 0.717) is 11.5 Å². The van der Waals surface area contributed by atoms with Gasteiger partial charge in [0.1, 0.15) is 18.1 Å². The van der Waals surface area contributed by atoms with Gasteiger partial charge in [-0.25, -0.2) is 0 Å². The van der Waals surface area contributed by atoms with Crippen LogP contribution in [0.25, 0.3) is 0 Å². The summed E-state index contributed by atoms with van der Waals surface area (Å²) in [5.41, 5.74) is 3.48. The summed E-state index contributed by atoms with van der Waals surface area (Å²) in [5.74, 6) is 1.91. The van der Waals surface area contributed by atoms with E-state index in [0.717, 1.165) is 55.5 Å². The number of fused-ring (bicyclic) bond motifs is 1. The van der Waals surface area contributed by atoms with E-state index < -0.39 is 0 Å². The molecule has 2 amide bonds. The van der Waals surface area contributed by atoms with E-state index >= 15 is 0 Å². The number of rotatable bonds is 7. The van der Waals surface area contributed by atoms with Gasteiger partial charge in [0.15, 0.2) is 5.76 Å². The lowest BCUT2D eigenvalue weighted by atomic mass is 9.87. The number of amides is 2. The Morgan fingerprint density at radius 2 is 1.82 bits per heavy atom. The van der Waals surface area contributed by atoms with Gasteiger partial charge in [-0.15, -0.1) is 0 Å². The molecule has 1 atom stereocenters. The molecule has 1 aliphatic heterocycles. The summed E-state index contributed by atoms with van der Waals surface area (Å²) in [4.78, 5) is 27.4. The molecule has 3 aromatic rings. The third kappa shape index (κ3) is 4.32. The van der Waals surface area contributed by atoms with Gasteiger partial charge in [-0.2, -0.15) is 0 Å². The van der Waals surface area contributed by atoms with Crippen molar-refractivity contribution in [2.24, 2.45) is 5.92 Å². The molecule has 6 rings (SSSR count). The highest BCUT2D eigenvalue weighted by Crippen LogP contribution is 2.41. The standard InChI is InChI=1S/C28H28N2O4/c31-27(29-21-9-10-21)25-13-12-23(34-25)17-33-22-11-8-18-14-15-30(28(32)20-6-7-20)26(24(18)16-22)19-4-2-1-3-5-19/h1-5,8,11-13,16,20-21,26H,6-7,9-10,14-15,17H2,(H,29,31)/t26-/m1/s1. The number of benzene rings is 2. The fraction of sp³-hybridized carbons (Fsp3) is 0.357. The fourth-order valence-corrected chi connectivity index (χ4v) is 4.70. The maximum atomic E-state index is 13.1. The number of furan rings is 1. The summed E-state index contributed by atoms with van der Waals surface area (Å²) >= 11 is 0. The Hall–Kier alpha value is -3.54. The quantitative estimate of drug-likeness (QED) is 0.563. The van der Waals surface area contributed by atoms with Gasteiger partial charge in [0.25, 0.3) is 5.91 Å². The summed E-state index contributed by atoms with van der Waals surface area (Å²) in [6.07, 6.45) is 4.91. The predicted molar refractivity (Wildman–Crippen MR) is 126 cm³/mol. The van der Waals surface area contributed by atoms with Crippen LogP contribution in [0.2, 0.25) is 0 Å². The fourth-order valence-electron chi connectivity index (χ4n) is 4.70. The molecule has 2 aromatic carbocycles. The Labute approximate surface area is 198 Å². The number of hydrogen-bond acceptors (Lipinski definition) is 4. The van der Waals surface area contributed by atoms with Crippen molar-refractivity contribution >= 4 is 11.8 Å². The zero-order valence-electron chi connectivity index (χ0n) is 19.0. The minimum Gasteiger partial charge on any atom is -0.486 e. The largest absolute Gasteiger partial charge is 0.486 e. The van der Waals surface area contributed by atoms with E-state index in [4.69, 9.17) is 9.15 Å². The van der Waals surface area contributed by atoms with Gasteiger partial charge in [-0.3, -0.25) is 9.59 Å². The molecule has 0 bridgehead atoms. The molecule has 1 aromatic heterocycles. The van der Waals surface area contributed by atoms with Crippen molar-refractivity contribution in [2.45, 2.75) is 50.8 Å². The molecule has 174 valence electrons. The molecule has 1 N–H and O–H groups in total. The van der Waals surface area contributed by atoms with Crippen LogP contribution in [0.4, 0.5) is 0 Å². The Morgan fingerprint density at radius 3 is 2.59 bits per heavy atom. The van der Waals surface area contributed by atoms with E-state index in [2.05, 4.69) is 34.5 Å². The molecule has 2 fully saturated rings. The molecular weight excluding hydrogens is 428 g/mol. The normalized spacial score (nSPS) is 19.4. The van der Waals surface area contributed by atoms with Crippen molar-refractivity contribution in [3.63, 3.8) is 0 Å². The van der Waals surface area contributed by atoms with Crippen LogP contribution in [-0.4, -0.2) is 29.3 Å². The van der Waals surface area contributed by atoms with Gasteiger partial charge < -0.3 is 19.4 Å². The van der Waals surface area contributed by atoms with Crippen LogP contribution in [0.5, 0.6) is 5.75 Å². The van der Waals surface area contributed by atoms with Crippen LogP contribution in [-0.2, 0) is 17.8 Å². The number of carbonyl (C=O) groups excluding carboxylic acids is 2. The molecule has 2 heterocycles. The number of nitrogens with one attached hydrogen (secondary N) is 1. The SMILES string of the molecule is O=C(NC1CC1)c1ccc(COc2ccc3c(c2)[C@@H](c2ccccc2)N(C(=O)C2CC2)CC3)o1. The minimum atomic E-state index is -0.173. The molecule has 0 saturated heterocycles. The van der Waals surface area contributed by atoms with E-state index in [-0.39, 0.29) is 36.4 Å². The zero-order chi connectivity index (χ0) is 23.1. The van der Waals surface area contributed by atoms with Crippen LogP contribution < -0.4 is 10.1 Å². The maximum absolute atomic E-state index is 13.1. The van der Waals surface area contributed by atoms with Crippen molar-refractivity contribution in [2.75, 3.05) is 6.54 Å². The third-order valence-corrected chi connectivity index (χ3v) is 6.85. The molecule has 3 aliphatic rings. The average Bonchev–Trinajstić information content (AvgIpc) is 3.81. The first kappa shape index (κ1) is 21.0. The molecule has 2 aliphatic carbocycles. The highest BCUT2D eigenvalue weighted by Gasteiger charge is 2.39. The minimum absolute atomic E-state index is 0.108. The monoisotopic (exact) mass is 456 g/mol. The molecule has 0 radical (unpaired) electrons. The second-order valence-electron chi connectivity index (χ2n) is 9.53. The lowest BCUT2D eigenvalue weighted by Gasteiger charge is -2.38. The summed E-state index contributed by atoms with van der Waals surface area (Å²) < 4.78 is 11.7. The van der Waals surface area contributed by atoms with E-state index in [9.17, 15) is 9.59 Å². The van der Waals surface area contributed by atoms with E-state index in [1.165, 1.54) is 5.56 Å². The summed E-state index contributed by atoms with van der Waals surface area (Å²) in [7, 11) is 0. The number of carbonyl (C=O) groups is 2. The van der Waals surface area contributed by atoms with Crippen LogP contribution in [0.15, 0.2) is 65.1 Å². The summed E-state index contributed by atoms with van der Waals surface area (Å²) in [6.45, 7) is 0.969. The highest BCUT2D eigenvalue weighted by atomic mass is 16.5. The van der Waals surface area contributed by atoms with Crippen LogP contribution >= 0.6 is 0 Å². The molecular formula is C28H28N2O4. The summed E-state index contributed by atoms with van der Waals surface area (Å²) in [6, 6.07) is 20.0. The van der Waals surface area contributed by atoms with Crippen molar-refractivity contribution in [3.8, 4) is 5.75 Å². The van der Waals surface area contributed by atoms with E-state index in [1.807, 2.05) is 24.3 Å². The van der Waals surface area contributed by atoms with Gasteiger partial charge in [0.05, 0.1) is 6.04 Å². The molecule has 34 heavy (non-hydrogen) atoms. The molecule has 6 nitrogen and oxygen atoms in total. The highest BCUT2D eigenvalue weighted by molar-refractivity contribution is 5.91. The van der Waals surface area contributed by atoms with Crippen LogP contribution in [0.3, 0.4) is 0 Å². The third-order valence-electron chi connectivity index (χ3n) is 6.85. The Balaban J connectivity index is 1.22. The van der Waals surface area contributed by atoms with Crippen molar-refractivity contribution < 1.29 is 18.7 Å². The van der Waals surface area contributed by atoms with Gasteiger partial charge in [-0.05, 0) is 73.1 Å². The van der Waals surface area contributed by atoms with Gasteiger partial charge in [0, 0.05) is 18.5 Å². The second-order valence-corrected chi connectivity index (χ2v) is 9.53. The van der Waals surface area contributed by atoms with Gasteiger partial charge in [0.2, 0.25) is 5.91 Å². The van der Waals surface area contributed by atoms with E-state index in [1.54, 1.807) is 12.1 Å². The first-order valence-electron chi connectivity index (χ1n) is 12.2. The van der Waals surface area contributed by atoms with Crippen molar-refractivity contribution in [1.29, 1.82) is 0 Å². The van der Waals surface area contributed by atoms with Crippen LogP contribution in [0, 0.1) is 5.92 Å². The number of hydrogen-bond donors (Lipinski definition) is 1. The maximum Gasteiger partial charge on any atom is 0.287 e. The topological polar surface area (TPSA) is 71.8 Å². The Morgan fingerprint density at radius 1 is 1.00 bits per heavy atom. The molecule has 6 heteroatoms. The second kappa shape index (κ2) is 8.67. The molecule has 2 saturated carbocycles. The molecule has 0 spiro atoms.